The smallest absolute Gasteiger partial charge is 0.119 e. The van der Waals surface area contributed by atoms with Gasteiger partial charge in [-0.25, -0.2) is 0 Å². The van der Waals surface area contributed by atoms with Crippen LogP contribution in [0.4, 0.5) is 22.7 Å². The molecule has 0 unspecified atom stereocenters. The van der Waals surface area contributed by atoms with Gasteiger partial charge in [0.2, 0.25) is 0 Å². The minimum absolute atomic E-state index is 0.700. The molecule has 0 atom stereocenters. The van der Waals surface area contributed by atoms with E-state index in [1.54, 1.807) is 0 Å². The minimum atomic E-state index is 0.700. The number of hydrogen-bond donors (Lipinski definition) is 0. The van der Waals surface area contributed by atoms with Gasteiger partial charge >= 0.3 is 0 Å². The predicted molar refractivity (Wildman–Crippen MR) is 170 cm³/mol. The van der Waals surface area contributed by atoms with Crippen LogP contribution in [0.1, 0.15) is 24.5 Å². The predicted octanol–water partition coefficient (Wildman–Crippen LogP) is 9.74. The molecule has 0 heterocycles. The van der Waals surface area contributed by atoms with Crippen molar-refractivity contribution in [3.8, 4) is 16.9 Å². The molecule has 0 amide bonds. The van der Waals surface area contributed by atoms with Crippen LogP contribution >= 0.6 is 0 Å². The molecule has 0 aromatic heterocycles. The maximum atomic E-state index is 6.06. The summed E-state index contributed by atoms with van der Waals surface area (Å²) in [4.78, 5) is 4.69. The van der Waals surface area contributed by atoms with Crippen molar-refractivity contribution in [2.24, 2.45) is 0 Å². The fourth-order valence-electron chi connectivity index (χ4n) is 4.94. The van der Waals surface area contributed by atoms with Crippen molar-refractivity contribution in [3.05, 3.63) is 139 Å². The number of aryl methyl sites for hydroxylation is 2. The SMILES string of the molecule is CCN(CCCOc1ccc(-c2ccc(N(c3ccc(C)cc3)c3ccc(C)cc3)cc2)cc1)c1ccccc1. The number of para-hydroxylation sites is 1. The van der Waals surface area contributed by atoms with Gasteiger partial charge in [0.15, 0.2) is 0 Å². The van der Waals surface area contributed by atoms with Gasteiger partial charge in [-0.1, -0.05) is 77.9 Å². The zero-order valence-electron chi connectivity index (χ0n) is 23.8. The summed E-state index contributed by atoms with van der Waals surface area (Å²) in [6.45, 7) is 9.11. The molecule has 0 saturated heterocycles. The molecule has 5 aromatic rings. The molecule has 0 radical (unpaired) electrons. The summed E-state index contributed by atoms with van der Waals surface area (Å²) in [6.07, 6.45) is 0.977. The summed E-state index contributed by atoms with van der Waals surface area (Å²) in [6, 6.07) is 45.2. The van der Waals surface area contributed by atoms with Crippen LogP contribution in [0, 0.1) is 13.8 Å². The highest BCUT2D eigenvalue weighted by Crippen LogP contribution is 2.36. The zero-order chi connectivity index (χ0) is 27.7. The molecule has 40 heavy (non-hydrogen) atoms. The molecule has 0 bridgehead atoms. The monoisotopic (exact) mass is 526 g/mol. The molecule has 0 aliphatic rings. The third-order valence-corrected chi connectivity index (χ3v) is 7.24. The van der Waals surface area contributed by atoms with Gasteiger partial charge in [0.1, 0.15) is 5.75 Å². The van der Waals surface area contributed by atoms with E-state index in [4.69, 9.17) is 4.74 Å². The van der Waals surface area contributed by atoms with Gasteiger partial charge in [0, 0.05) is 35.8 Å². The lowest BCUT2D eigenvalue weighted by atomic mass is 10.0. The van der Waals surface area contributed by atoms with Crippen LogP contribution < -0.4 is 14.5 Å². The Kier molecular flexibility index (Phi) is 8.83. The molecular formula is C37H38N2O. The summed E-state index contributed by atoms with van der Waals surface area (Å²) in [7, 11) is 0. The van der Waals surface area contributed by atoms with E-state index in [0.717, 1.165) is 42.3 Å². The average molecular weight is 527 g/mol. The minimum Gasteiger partial charge on any atom is -0.494 e. The Morgan fingerprint density at radius 3 is 1.50 bits per heavy atom. The molecule has 5 rings (SSSR count). The molecule has 3 heteroatoms. The fourth-order valence-corrected chi connectivity index (χ4v) is 4.94. The summed E-state index contributed by atoms with van der Waals surface area (Å²) in [5, 5.41) is 0. The highest BCUT2D eigenvalue weighted by molar-refractivity contribution is 5.78. The van der Waals surface area contributed by atoms with Crippen molar-refractivity contribution in [3.63, 3.8) is 0 Å². The number of nitrogens with zero attached hydrogens (tertiary/aromatic N) is 2. The van der Waals surface area contributed by atoms with Gasteiger partial charge in [-0.3, -0.25) is 0 Å². The van der Waals surface area contributed by atoms with Crippen LogP contribution in [0.3, 0.4) is 0 Å². The van der Waals surface area contributed by atoms with Gasteiger partial charge in [-0.05, 0) is 99.0 Å². The molecule has 0 aliphatic heterocycles. The lowest BCUT2D eigenvalue weighted by Gasteiger charge is -2.26. The second-order valence-corrected chi connectivity index (χ2v) is 10.2. The topological polar surface area (TPSA) is 15.7 Å². The van der Waals surface area contributed by atoms with E-state index in [1.807, 2.05) is 0 Å². The standard InChI is InChI=1S/C37H38N2O/c1-4-38(33-9-6-5-7-10-33)27-8-28-40-37-25-17-32(18-26-37)31-15-23-36(24-16-31)39(34-19-11-29(2)12-20-34)35-21-13-30(3)14-22-35/h5-7,9-26H,4,8,27-28H2,1-3H3. The Morgan fingerprint density at radius 2 is 1.00 bits per heavy atom. The second-order valence-electron chi connectivity index (χ2n) is 10.2. The third-order valence-electron chi connectivity index (χ3n) is 7.24. The quantitative estimate of drug-likeness (QED) is 0.159. The largest absolute Gasteiger partial charge is 0.494 e. The van der Waals surface area contributed by atoms with Crippen LogP contribution in [0.25, 0.3) is 11.1 Å². The lowest BCUT2D eigenvalue weighted by Crippen LogP contribution is -2.25. The number of rotatable bonds is 11. The summed E-state index contributed by atoms with van der Waals surface area (Å²) in [5.74, 6) is 0.910. The first-order valence-corrected chi connectivity index (χ1v) is 14.2. The first-order valence-electron chi connectivity index (χ1n) is 14.2. The van der Waals surface area contributed by atoms with Gasteiger partial charge in [0.25, 0.3) is 0 Å². The van der Waals surface area contributed by atoms with Crippen molar-refractivity contribution >= 4 is 22.7 Å². The normalized spacial score (nSPS) is 10.8. The van der Waals surface area contributed by atoms with Crippen LogP contribution in [0.5, 0.6) is 5.75 Å². The molecule has 3 nitrogen and oxygen atoms in total. The van der Waals surface area contributed by atoms with E-state index in [-0.39, 0.29) is 0 Å². The van der Waals surface area contributed by atoms with E-state index < -0.39 is 0 Å². The number of ether oxygens (including phenoxy) is 1. The van der Waals surface area contributed by atoms with Crippen molar-refractivity contribution in [2.75, 3.05) is 29.5 Å². The van der Waals surface area contributed by atoms with Crippen molar-refractivity contribution in [2.45, 2.75) is 27.2 Å². The van der Waals surface area contributed by atoms with E-state index in [2.05, 4.69) is 158 Å². The molecule has 5 aromatic carbocycles. The van der Waals surface area contributed by atoms with Crippen LogP contribution in [0.15, 0.2) is 127 Å². The first-order chi connectivity index (χ1) is 19.6. The van der Waals surface area contributed by atoms with Gasteiger partial charge in [0.05, 0.1) is 6.61 Å². The maximum absolute atomic E-state index is 6.06. The first kappa shape index (κ1) is 27.1. The van der Waals surface area contributed by atoms with E-state index in [9.17, 15) is 0 Å². The van der Waals surface area contributed by atoms with Crippen LogP contribution in [-0.2, 0) is 0 Å². The van der Waals surface area contributed by atoms with Gasteiger partial charge < -0.3 is 14.5 Å². The Morgan fingerprint density at radius 1 is 0.525 bits per heavy atom. The number of anilines is 4. The summed E-state index contributed by atoms with van der Waals surface area (Å²) in [5.41, 5.74) is 9.57. The second kappa shape index (κ2) is 13.0. The molecular weight excluding hydrogens is 488 g/mol. The molecule has 0 saturated carbocycles. The molecule has 0 spiro atoms. The molecule has 0 fully saturated rings. The van der Waals surface area contributed by atoms with Gasteiger partial charge in [-0.2, -0.15) is 0 Å². The van der Waals surface area contributed by atoms with E-state index in [0.29, 0.717) is 6.61 Å². The Bertz CT molecular complexity index is 1410. The Balaban J connectivity index is 1.23. The Labute approximate surface area is 239 Å². The van der Waals surface area contributed by atoms with Crippen molar-refractivity contribution < 1.29 is 4.74 Å². The van der Waals surface area contributed by atoms with Crippen molar-refractivity contribution in [1.82, 2.24) is 0 Å². The Hall–Kier alpha value is -4.50. The summed E-state index contributed by atoms with van der Waals surface area (Å²) < 4.78 is 6.06. The lowest BCUT2D eigenvalue weighted by molar-refractivity contribution is 0.312. The number of benzene rings is 5. The highest BCUT2D eigenvalue weighted by atomic mass is 16.5. The summed E-state index contributed by atoms with van der Waals surface area (Å²) >= 11 is 0. The fraction of sp³-hybridized carbons (Fsp3) is 0.189. The molecule has 202 valence electrons. The van der Waals surface area contributed by atoms with Crippen LogP contribution in [-0.4, -0.2) is 19.7 Å². The van der Waals surface area contributed by atoms with E-state index in [1.165, 1.54) is 27.9 Å². The average Bonchev–Trinajstić information content (AvgIpc) is 3.00. The van der Waals surface area contributed by atoms with E-state index >= 15 is 0 Å². The van der Waals surface area contributed by atoms with Gasteiger partial charge in [-0.15, -0.1) is 0 Å². The third kappa shape index (κ3) is 6.73. The maximum Gasteiger partial charge on any atom is 0.119 e. The van der Waals surface area contributed by atoms with Crippen molar-refractivity contribution in [1.29, 1.82) is 0 Å². The zero-order valence-corrected chi connectivity index (χ0v) is 23.8. The molecule has 0 N–H and O–H groups in total. The highest BCUT2D eigenvalue weighted by Gasteiger charge is 2.12. The molecule has 0 aliphatic carbocycles. The number of hydrogen-bond acceptors (Lipinski definition) is 3. The van der Waals surface area contributed by atoms with Crippen LogP contribution in [0.2, 0.25) is 0 Å².